The molecule has 0 fully saturated rings. The third-order valence-corrected chi connectivity index (χ3v) is 1.92. The predicted octanol–water partition coefficient (Wildman–Crippen LogP) is 1.43. The maximum absolute atomic E-state index is 8.31. The standard InChI is InChI=1S/C9H9NO2/c11-10-6-7-1-2-9-8(5-7)3-4-12-9/h1-2,5-6,11H,3-4H2. The minimum Gasteiger partial charge on any atom is -0.493 e. The van der Waals surface area contributed by atoms with Gasteiger partial charge in [-0.15, -0.1) is 0 Å². The van der Waals surface area contributed by atoms with Crippen LogP contribution in [0.3, 0.4) is 0 Å². The third-order valence-electron chi connectivity index (χ3n) is 1.92. The van der Waals surface area contributed by atoms with Gasteiger partial charge in [0.05, 0.1) is 12.8 Å². The van der Waals surface area contributed by atoms with Crippen molar-refractivity contribution >= 4 is 6.21 Å². The van der Waals surface area contributed by atoms with Crippen LogP contribution in [-0.4, -0.2) is 18.0 Å². The van der Waals surface area contributed by atoms with E-state index in [4.69, 9.17) is 9.94 Å². The smallest absolute Gasteiger partial charge is 0.122 e. The second kappa shape index (κ2) is 2.85. The fraction of sp³-hybridized carbons (Fsp3) is 0.222. The lowest BCUT2D eigenvalue weighted by molar-refractivity contribution is 0.322. The maximum Gasteiger partial charge on any atom is 0.122 e. The Balaban J connectivity index is 2.38. The lowest BCUT2D eigenvalue weighted by Crippen LogP contribution is -1.85. The van der Waals surface area contributed by atoms with E-state index in [0.717, 1.165) is 24.3 Å². The van der Waals surface area contributed by atoms with E-state index in [0.29, 0.717) is 0 Å². The summed E-state index contributed by atoms with van der Waals surface area (Å²) in [6.07, 6.45) is 2.36. The summed E-state index contributed by atoms with van der Waals surface area (Å²) in [6.45, 7) is 0.759. The van der Waals surface area contributed by atoms with E-state index in [9.17, 15) is 0 Å². The normalized spacial score (nSPS) is 14.7. The van der Waals surface area contributed by atoms with Gasteiger partial charge < -0.3 is 9.94 Å². The molecule has 1 aliphatic rings. The zero-order valence-electron chi connectivity index (χ0n) is 6.53. The lowest BCUT2D eigenvalue weighted by atomic mass is 10.1. The maximum atomic E-state index is 8.31. The van der Waals surface area contributed by atoms with Crippen molar-refractivity contribution in [1.29, 1.82) is 0 Å². The molecule has 3 heteroatoms. The highest BCUT2D eigenvalue weighted by Crippen LogP contribution is 2.25. The molecule has 1 heterocycles. The van der Waals surface area contributed by atoms with Crippen LogP contribution in [0.5, 0.6) is 5.75 Å². The van der Waals surface area contributed by atoms with Gasteiger partial charge in [-0.2, -0.15) is 0 Å². The minimum absolute atomic E-state index is 0.759. The van der Waals surface area contributed by atoms with Gasteiger partial charge in [0.1, 0.15) is 5.75 Å². The Hall–Kier alpha value is -1.51. The molecule has 0 atom stereocenters. The van der Waals surface area contributed by atoms with Crippen LogP contribution in [0.1, 0.15) is 11.1 Å². The van der Waals surface area contributed by atoms with Gasteiger partial charge in [-0.05, 0) is 29.3 Å². The topological polar surface area (TPSA) is 41.8 Å². The molecule has 0 saturated carbocycles. The predicted molar refractivity (Wildman–Crippen MR) is 45.0 cm³/mol. The summed E-state index contributed by atoms with van der Waals surface area (Å²) in [4.78, 5) is 0. The second-order valence-corrected chi connectivity index (χ2v) is 2.71. The van der Waals surface area contributed by atoms with Crippen molar-refractivity contribution in [3.8, 4) is 5.75 Å². The van der Waals surface area contributed by atoms with Crippen molar-refractivity contribution in [2.75, 3.05) is 6.61 Å². The van der Waals surface area contributed by atoms with Crippen LogP contribution >= 0.6 is 0 Å². The van der Waals surface area contributed by atoms with Crippen molar-refractivity contribution in [1.82, 2.24) is 0 Å². The highest BCUT2D eigenvalue weighted by molar-refractivity contribution is 5.79. The summed E-state index contributed by atoms with van der Waals surface area (Å²) < 4.78 is 5.32. The molecule has 62 valence electrons. The van der Waals surface area contributed by atoms with Crippen molar-refractivity contribution in [2.45, 2.75) is 6.42 Å². The molecule has 0 spiro atoms. The molecular formula is C9H9NO2. The number of ether oxygens (including phenoxy) is 1. The molecule has 0 saturated heterocycles. The molecule has 0 amide bonds. The average molecular weight is 163 g/mol. The van der Waals surface area contributed by atoms with E-state index in [1.807, 2.05) is 18.2 Å². The van der Waals surface area contributed by atoms with E-state index < -0.39 is 0 Å². The zero-order chi connectivity index (χ0) is 8.39. The van der Waals surface area contributed by atoms with Crippen LogP contribution in [0.15, 0.2) is 23.4 Å². The minimum atomic E-state index is 0.759. The number of nitrogens with zero attached hydrogens (tertiary/aromatic N) is 1. The molecule has 0 radical (unpaired) electrons. The fourth-order valence-corrected chi connectivity index (χ4v) is 1.35. The molecule has 1 aromatic carbocycles. The van der Waals surface area contributed by atoms with Gasteiger partial charge in [0, 0.05) is 6.42 Å². The SMILES string of the molecule is ON=Cc1ccc2c(c1)CCO2. The van der Waals surface area contributed by atoms with Crippen molar-refractivity contribution in [3.05, 3.63) is 29.3 Å². The Morgan fingerprint density at radius 2 is 2.42 bits per heavy atom. The number of hydrogen-bond acceptors (Lipinski definition) is 3. The molecule has 0 aromatic heterocycles. The highest BCUT2D eigenvalue weighted by Gasteiger charge is 2.10. The first kappa shape index (κ1) is 7.16. The number of fused-ring (bicyclic) bond motifs is 1. The second-order valence-electron chi connectivity index (χ2n) is 2.71. The first-order chi connectivity index (χ1) is 5.90. The van der Waals surface area contributed by atoms with E-state index >= 15 is 0 Å². The van der Waals surface area contributed by atoms with Gasteiger partial charge in [0.15, 0.2) is 0 Å². The average Bonchev–Trinajstić information content (AvgIpc) is 2.51. The van der Waals surface area contributed by atoms with Crippen LogP contribution < -0.4 is 4.74 Å². The van der Waals surface area contributed by atoms with Crippen LogP contribution in [0.4, 0.5) is 0 Å². The first-order valence-electron chi connectivity index (χ1n) is 3.83. The van der Waals surface area contributed by atoms with Crippen LogP contribution in [0.25, 0.3) is 0 Å². The van der Waals surface area contributed by atoms with E-state index in [2.05, 4.69) is 5.16 Å². The Morgan fingerprint density at radius 1 is 1.50 bits per heavy atom. The molecule has 0 aliphatic carbocycles. The largest absolute Gasteiger partial charge is 0.493 e. The van der Waals surface area contributed by atoms with Crippen LogP contribution in [0, 0.1) is 0 Å². The first-order valence-corrected chi connectivity index (χ1v) is 3.83. The molecule has 1 aromatic rings. The summed E-state index contributed by atoms with van der Waals surface area (Å²) >= 11 is 0. The molecule has 12 heavy (non-hydrogen) atoms. The fourth-order valence-electron chi connectivity index (χ4n) is 1.35. The Bertz CT molecular complexity index is 320. The molecule has 1 aliphatic heterocycles. The van der Waals surface area contributed by atoms with Gasteiger partial charge in [-0.1, -0.05) is 5.16 Å². The van der Waals surface area contributed by atoms with Gasteiger partial charge in [-0.3, -0.25) is 0 Å². The van der Waals surface area contributed by atoms with Crippen LogP contribution in [0.2, 0.25) is 0 Å². The number of rotatable bonds is 1. The molecule has 1 N–H and O–H groups in total. The van der Waals surface area contributed by atoms with Gasteiger partial charge >= 0.3 is 0 Å². The van der Waals surface area contributed by atoms with E-state index in [-0.39, 0.29) is 0 Å². The number of benzene rings is 1. The van der Waals surface area contributed by atoms with Crippen molar-refractivity contribution in [3.63, 3.8) is 0 Å². The van der Waals surface area contributed by atoms with E-state index in [1.165, 1.54) is 11.8 Å². The molecular weight excluding hydrogens is 154 g/mol. The lowest BCUT2D eigenvalue weighted by Gasteiger charge is -1.97. The number of hydrogen-bond donors (Lipinski definition) is 1. The van der Waals surface area contributed by atoms with Gasteiger partial charge in [0.2, 0.25) is 0 Å². The Kier molecular flexibility index (Phi) is 1.70. The summed E-state index contributed by atoms with van der Waals surface area (Å²) in [7, 11) is 0. The monoisotopic (exact) mass is 163 g/mol. The Morgan fingerprint density at radius 3 is 3.25 bits per heavy atom. The highest BCUT2D eigenvalue weighted by atomic mass is 16.5. The quantitative estimate of drug-likeness (QED) is 0.386. The van der Waals surface area contributed by atoms with Crippen molar-refractivity contribution < 1.29 is 9.94 Å². The summed E-state index contributed by atoms with van der Waals surface area (Å²) in [5, 5.41) is 11.3. The zero-order valence-corrected chi connectivity index (χ0v) is 6.53. The summed E-state index contributed by atoms with van der Waals surface area (Å²) in [5.74, 6) is 0.949. The van der Waals surface area contributed by atoms with Crippen molar-refractivity contribution in [2.24, 2.45) is 5.16 Å². The molecule has 0 unspecified atom stereocenters. The molecule has 3 nitrogen and oxygen atoms in total. The number of oxime groups is 1. The van der Waals surface area contributed by atoms with Gasteiger partial charge in [0.25, 0.3) is 0 Å². The van der Waals surface area contributed by atoms with Crippen LogP contribution in [-0.2, 0) is 6.42 Å². The summed E-state index contributed by atoms with van der Waals surface area (Å²) in [6, 6.07) is 5.74. The van der Waals surface area contributed by atoms with E-state index in [1.54, 1.807) is 0 Å². The summed E-state index contributed by atoms with van der Waals surface area (Å²) in [5.41, 5.74) is 2.09. The van der Waals surface area contributed by atoms with Gasteiger partial charge in [-0.25, -0.2) is 0 Å². The molecule has 2 rings (SSSR count). The Labute approximate surface area is 70.3 Å². The third kappa shape index (κ3) is 1.13. The molecule has 0 bridgehead atoms.